The molecular weight excluding hydrogens is 410 g/mol. The maximum absolute atomic E-state index is 12.9. The van der Waals surface area contributed by atoms with Crippen molar-refractivity contribution in [3.05, 3.63) is 23.0 Å². The van der Waals surface area contributed by atoms with Crippen LogP contribution >= 0.6 is 11.6 Å². The fourth-order valence-corrected chi connectivity index (χ4v) is 3.67. The van der Waals surface area contributed by atoms with E-state index in [1.54, 1.807) is 34.9 Å². The van der Waals surface area contributed by atoms with Crippen LogP contribution in [0, 0.1) is 0 Å². The lowest BCUT2D eigenvalue weighted by molar-refractivity contribution is 0.0561. The van der Waals surface area contributed by atoms with E-state index in [-0.39, 0.29) is 34.4 Å². The van der Waals surface area contributed by atoms with Crippen molar-refractivity contribution in [3.63, 3.8) is 0 Å². The first-order chi connectivity index (χ1) is 14.1. The third-order valence-corrected chi connectivity index (χ3v) is 5.17. The molecule has 2 atom stereocenters. The van der Waals surface area contributed by atoms with Crippen molar-refractivity contribution in [2.24, 2.45) is 0 Å². The molecule has 0 spiro atoms. The molecule has 9 nitrogen and oxygen atoms in total. The normalized spacial score (nSPS) is 19.5. The predicted octanol–water partition coefficient (Wildman–Crippen LogP) is 3.44. The van der Waals surface area contributed by atoms with E-state index >= 15 is 0 Å². The minimum atomic E-state index is -0.656. The van der Waals surface area contributed by atoms with Crippen molar-refractivity contribution in [2.45, 2.75) is 64.2 Å². The van der Waals surface area contributed by atoms with Gasteiger partial charge in [0.2, 0.25) is 0 Å². The molecule has 0 saturated heterocycles. The number of hydrogen-bond acceptors (Lipinski definition) is 6. The van der Waals surface area contributed by atoms with Crippen LogP contribution in [0.3, 0.4) is 0 Å². The van der Waals surface area contributed by atoms with E-state index in [4.69, 9.17) is 21.1 Å². The molecule has 0 aromatic carbocycles. The maximum atomic E-state index is 12.9. The number of methoxy groups -OCH3 is 1. The number of ether oxygens (including phenoxy) is 2. The van der Waals surface area contributed by atoms with Crippen LogP contribution in [0.4, 0.5) is 10.6 Å². The van der Waals surface area contributed by atoms with Crippen molar-refractivity contribution in [2.75, 3.05) is 19.1 Å². The standard InChI is InChI=1S/C20H28ClN5O4/c1-20(2,3)30-19(28)25(4)16-10-15(21)24-17-14(11-22-26(16)17)18(27)23-12-7-6-8-13(9-12)29-5/h10-13H,6-9H2,1-5H3,(H,23,27)/t12-,13-/m1/s1. The second kappa shape index (κ2) is 8.77. The molecule has 30 heavy (non-hydrogen) atoms. The average Bonchev–Trinajstić information content (AvgIpc) is 3.09. The van der Waals surface area contributed by atoms with Crippen molar-refractivity contribution in [1.29, 1.82) is 0 Å². The SMILES string of the molecule is CO[C@@H]1CCC[C@@H](NC(=O)c2cnn3c(N(C)C(=O)OC(C)(C)C)cc(Cl)nc23)C1. The van der Waals surface area contributed by atoms with Gasteiger partial charge in [0.05, 0.1) is 12.3 Å². The predicted molar refractivity (Wildman–Crippen MR) is 113 cm³/mol. The molecule has 2 aromatic heterocycles. The molecule has 1 aliphatic rings. The summed E-state index contributed by atoms with van der Waals surface area (Å²) in [6, 6.07) is 1.52. The fraction of sp³-hybridized carbons (Fsp3) is 0.600. The topological polar surface area (TPSA) is 98.1 Å². The number of carbonyl (C=O) groups is 2. The zero-order valence-corrected chi connectivity index (χ0v) is 18.7. The molecule has 1 N–H and O–H groups in total. The van der Waals surface area contributed by atoms with E-state index in [2.05, 4.69) is 15.4 Å². The van der Waals surface area contributed by atoms with E-state index in [0.29, 0.717) is 5.82 Å². The molecule has 0 unspecified atom stereocenters. The Morgan fingerprint density at radius 2 is 2.07 bits per heavy atom. The fourth-order valence-electron chi connectivity index (χ4n) is 3.49. The van der Waals surface area contributed by atoms with Gasteiger partial charge < -0.3 is 14.8 Å². The highest BCUT2D eigenvalue weighted by Gasteiger charge is 2.27. The first-order valence-electron chi connectivity index (χ1n) is 9.93. The van der Waals surface area contributed by atoms with Gasteiger partial charge in [-0.2, -0.15) is 9.61 Å². The number of amides is 2. The van der Waals surface area contributed by atoms with Crippen molar-refractivity contribution < 1.29 is 19.1 Å². The zero-order chi connectivity index (χ0) is 22.1. The molecule has 3 rings (SSSR count). The third-order valence-electron chi connectivity index (χ3n) is 4.97. The summed E-state index contributed by atoms with van der Waals surface area (Å²) in [4.78, 5) is 30.9. The summed E-state index contributed by atoms with van der Waals surface area (Å²) in [6.45, 7) is 5.34. The lowest BCUT2D eigenvalue weighted by Crippen LogP contribution is -2.40. The number of rotatable bonds is 4. The Labute approximate surface area is 180 Å². The summed E-state index contributed by atoms with van der Waals surface area (Å²) in [5.74, 6) is 0.0582. The van der Waals surface area contributed by atoms with Gasteiger partial charge in [-0.05, 0) is 46.5 Å². The highest BCUT2D eigenvalue weighted by molar-refractivity contribution is 6.30. The van der Waals surface area contributed by atoms with Gasteiger partial charge in [-0.15, -0.1) is 0 Å². The average molecular weight is 438 g/mol. The van der Waals surface area contributed by atoms with Crippen LogP contribution in [-0.4, -0.2) is 58.5 Å². The van der Waals surface area contributed by atoms with Gasteiger partial charge in [-0.3, -0.25) is 9.69 Å². The van der Waals surface area contributed by atoms with Crippen LogP contribution in [0.25, 0.3) is 5.65 Å². The first kappa shape index (κ1) is 22.3. The van der Waals surface area contributed by atoms with Crippen LogP contribution in [0.1, 0.15) is 56.8 Å². The molecule has 1 aliphatic carbocycles. The zero-order valence-electron chi connectivity index (χ0n) is 17.9. The summed E-state index contributed by atoms with van der Waals surface area (Å²) in [7, 11) is 3.24. The van der Waals surface area contributed by atoms with Gasteiger partial charge in [0, 0.05) is 26.3 Å². The van der Waals surface area contributed by atoms with Crippen LogP contribution in [-0.2, 0) is 9.47 Å². The summed E-state index contributed by atoms with van der Waals surface area (Å²) < 4.78 is 12.2. The number of fused-ring (bicyclic) bond motifs is 1. The monoisotopic (exact) mass is 437 g/mol. The second-order valence-corrected chi connectivity index (χ2v) is 8.85. The van der Waals surface area contributed by atoms with Gasteiger partial charge in [-0.25, -0.2) is 9.78 Å². The quantitative estimate of drug-likeness (QED) is 0.735. The Balaban J connectivity index is 1.86. The molecule has 0 bridgehead atoms. The van der Waals surface area contributed by atoms with Gasteiger partial charge in [-0.1, -0.05) is 11.6 Å². The number of halogens is 1. The van der Waals surface area contributed by atoms with E-state index < -0.39 is 11.7 Å². The first-order valence-corrected chi connectivity index (χ1v) is 10.3. The summed E-state index contributed by atoms with van der Waals surface area (Å²) >= 11 is 6.19. The van der Waals surface area contributed by atoms with Crippen molar-refractivity contribution in [3.8, 4) is 0 Å². The van der Waals surface area contributed by atoms with Crippen molar-refractivity contribution in [1.82, 2.24) is 19.9 Å². The van der Waals surface area contributed by atoms with E-state index in [1.807, 2.05) is 0 Å². The van der Waals surface area contributed by atoms with Crippen molar-refractivity contribution >= 4 is 35.1 Å². The molecule has 1 saturated carbocycles. The smallest absolute Gasteiger partial charge is 0.415 e. The molecule has 164 valence electrons. The Hall–Kier alpha value is -2.39. The number of anilines is 1. The van der Waals surface area contributed by atoms with E-state index in [0.717, 1.165) is 25.7 Å². The lowest BCUT2D eigenvalue weighted by Gasteiger charge is -2.28. The third kappa shape index (κ3) is 5.02. The van der Waals surface area contributed by atoms with Gasteiger partial charge in [0.1, 0.15) is 22.1 Å². The largest absolute Gasteiger partial charge is 0.443 e. The minimum absolute atomic E-state index is 0.0224. The molecule has 1 fully saturated rings. The van der Waals surface area contributed by atoms with E-state index in [9.17, 15) is 9.59 Å². The second-order valence-electron chi connectivity index (χ2n) is 8.46. The molecule has 0 aliphatic heterocycles. The number of nitrogens with one attached hydrogen (secondary N) is 1. The lowest BCUT2D eigenvalue weighted by atomic mass is 9.92. The molecule has 2 heterocycles. The summed E-state index contributed by atoms with van der Waals surface area (Å²) in [5.41, 5.74) is -0.100. The number of carbonyl (C=O) groups excluding carboxylic acids is 2. The van der Waals surface area contributed by atoms with Crippen LogP contribution < -0.4 is 10.2 Å². The van der Waals surface area contributed by atoms with Gasteiger partial charge in [0.15, 0.2) is 5.65 Å². The number of hydrogen-bond donors (Lipinski definition) is 1. The Kier molecular flexibility index (Phi) is 6.52. The summed E-state index contributed by atoms with van der Waals surface area (Å²) in [6.07, 6.45) is 4.66. The summed E-state index contributed by atoms with van der Waals surface area (Å²) in [5, 5.41) is 7.44. The van der Waals surface area contributed by atoms with Crippen LogP contribution in [0.2, 0.25) is 5.15 Å². The van der Waals surface area contributed by atoms with E-state index in [1.165, 1.54) is 21.7 Å². The van der Waals surface area contributed by atoms with Gasteiger partial charge in [0.25, 0.3) is 5.91 Å². The molecular formula is C20H28ClN5O4. The highest BCUT2D eigenvalue weighted by Crippen LogP contribution is 2.24. The van der Waals surface area contributed by atoms with Crippen LogP contribution in [0.5, 0.6) is 0 Å². The Bertz CT molecular complexity index is 939. The Morgan fingerprint density at radius 1 is 1.33 bits per heavy atom. The minimum Gasteiger partial charge on any atom is -0.443 e. The molecule has 10 heteroatoms. The number of aromatic nitrogens is 3. The molecule has 2 amide bonds. The molecule has 0 radical (unpaired) electrons. The Morgan fingerprint density at radius 3 is 2.73 bits per heavy atom. The highest BCUT2D eigenvalue weighted by atomic mass is 35.5. The number of nitrogens with zero attached hydrogens (tertiary/aromatic N) is 4. The van der Waals surface area contributed by atoms with Crippen LogP contribution in [0.15, 0.2) is 12.3 Å². The van der Waals surface area contributed by atoms with Gasteiger partial charge >= 0.3 is 6.09 Å². The maximum Gasteiger partial charge on any atom is 0.415 e. The molecule has 2 aromatic rings.